The molecule has 2 aromatic rings. The van der Waals surface area contributed by atoms with Crippen molar-refractivity contribution in [1.29, 1.82) is 0 Å². The molecule has 0 aliphatic heterocycles. The predicted octanol–water partition coefficient (Wildman–Crippen LogP) is 3.17. The highest BCUT2D eigenvalue weighted by molar-refractivity contribution is 7.99. The van der Waals surface area contributed by atoms with Crippen molar-refractivity contribution < 1.29 is 14.8 Å². The zero-order valence-electron chi connectivity index (χ0n) is 11.6. The number of anilines is 1. The van der Waals surface area contributed by atoms with Crippen LogP contribution in [0.3, 0.4) is 0 Å². The molecule has 6 nitrogen and oxygen atoms in total. The van der Waals surface area contributed by atoms with Gasteiger partial charge < -0.3 is 10.4 Å². The first-order chi connectivity index (χ1) is 10.5. The molecule has 1 amide bonds. The molecule has 0 fully saturated rings. The number of rotatable bonds is 6. The van der Waals surface area contributed by atoms with Gasteiger partial charge in [0.15, 0.2) is 0 Å². The molecular formula is C15H14N2O4S. The molecule has 0 spiro atoms. The monoisotopic (exact) mass is 318 g/mol. The molecule has 2 N–H and O–H groups in total. The summed E-state index contributed by atoms with van der Waals surface area (Å²) in [5.41, 5.74) is 1.51. The zero-order chi connectivity index (χ0) is 15.9. The van der Waals surface area contributed by atoms with Crippen LogP contribution in [0, 0.1) is 10.1 Å². The van der Waals surface area contributed by atoms with Gasteiger partial charge in [0.2, 0.25) is 5.91 Å². The number of nitro benzene ring substituents is 1. The van der Waals surface area contributed by atoms with Gasteiger partial charge in [0, 0.05) is 29.6 Å². The number of phenols is 1. The smallest absolute Gasteiger partial charge is 0.269 e. The summed E-state index contributed by atoms with van der Waals surface area (Å²) in [5, 5.41) is 22.5. The molecule has 0 aliphatic rings. The fourth-order valence-electron chi connectivity index (χ4n) is 1.76. The SMILES string of the molecule is O=C(CSCc1ccc([N+](=O)[O-])cc1)Nc1cccc(O)c1. The second kappa shape index (κ2) is 7.46. The molecule has 0 unspecified atom stereocenters. The molecule has 0 atom stereocenters. The van der Waals surface area contributed by atoms with Crippen LogP contribution in [0.4, 0.5) is 11.4 Å². The molecule has 22 heavy (non-hydrogen) atoms. The molecule has 0 radical (unpaired) electrons. The second-order valence-electron chi connectivity index (χ2n) is 4.51. The van der Waals surface area contributed by atoms with Crippen molar-refractivity contribution >= 4 is 29.0 Å². The largest absolute Gasteiger partial charge is 0.508 e. The molecular weight excluding hydrogens is 304 g/mol. The zero-order valence-corrected chi connectivity index (χ0v) is 12.4. The summed E-state index contributed by atoms with van der Waals surface area (Å²) in [7, 11) is 0. The fraction of sp³-hybridized carbons (Fsp3) is 0.133. The number of nitrogens with zero attached hydrogens (tertiary/aromatic N) is 1. The molecule has 0 heterocycles. The summed E-state index contributed by atoms with van der Waals surface area (Å²) < 4.78 is 0. The van der Waals surface area contributed by atoms with E-state index >= 15 is 0 Å². The minimum atomic E-state index is -0.445. The van der Waals surface area contributed by atoms with E-state index in [1.165, 1.54) is 36.0 Å². The number of nitrogens with one attached hydrogen (secondary N) is 1. The summed E-state index contributed by atoms with van der Waals surface area (Å²) in [6.07, 6.45) is 0. The second-order valence-corrected chi connectivity index (χ2v) is 5.50. The van der Waals surface area contributed by atoms with E-state index in [1.54, 1.807) is 24.3 Å². The van der Waals surface area contributed by atoms with Crippen LogP contribution in [0.15, 0.2) is 48.5 Å². The van der Waals surface area contributed by atoms with Crippen LogP contribution in [0.1, 0.15) is 5.56 Å². The number of hydrogen-bond donors (Lipinski definition) is 2. The van der Waals surface area contributed by atoms with E-state index in [0.717, 1.165) is 5.56 Å². The van der Waals surface area contributed by atoms with Crippen molar-refractivity contribution in [3.05, 3.63) is 64.2 Å². The van der Waals surface area contributed by atoms with Crippen LogP contribution in [-0.2, 0) is 10.5 Å². The molecule has 0 saturated heterocycles. The van der Waals surface area contributed by atoms with Gasteiger partial charge in [-0.25, -0.2) is 0 Å². The minimum absolute atomic E-state index is 0.0513. The number of aromatic hydroxyl groups is 1. The summed E-state index contributed by atoms with van der Waals surface area (Å²) in [4.78, 5) is 21.9. The van der Waals surface area contributed by atoms with E-state index in [-0.39, 0.29) is 23.1 Å². The lowest BCUT2D eigenvalue weighted by molar-refractivity contribution is -0.384. The van der Waals surface area contributed by atoms with Crippen molar-refractivity contribution in [3.8, 4) is 5.75 Å². The number of carbonyl (C=O) groups excluding carboxylic acids is 1. The summed E-state index contributed by atoms with van der Waals surface area (Å²) in [5.74, 6) is 0.770. The van der Waals surface area contributed by atoms with E-state index in [2.05, 4.69) is 5.32 Å². The molecule has 0 aromatic heterocycles. The number of carbonyl (C=O) groups is 1. The number of amides is 1. The van der Waals surface area contributed by atoms with E-state index in [0.29, 0.717) is 11.4 Å². The fourth-order valence-corrected chi connectivity index (χ4v) is 2.54. The highest BCUT2D eigenvalue weighted by Crippen LogP contribution is 2.18. The third-order valence-electron chi connectivity index (χ3n) is 2.78. The first kappa shape index (κ1) is 15.8. The number of thioether (sulfide) groups is 1. The highest BCUT2D eigenvalue weighted by Gasteiger charge is 2.06. The van der Waals surface area contributed by atoms with Crippen molar-refractivity contribution in [2.75, 3.05) is 11.1 Å². The van der Waals surface area contributed by atoms with E-state index < -0.39 is 4.92 Å². The Kier molecular flexibility index (Phi) is 5.37. The Bertz CT molecular complexity index is 673. The lowest BCUT2D eigenvalue weighted by atomic mass is 10.2. The lowest BCUT2D eigenvalue weighted by Gasteiger charge is -2.05. The van der Waals surface area contributed by atoms with Crippen molar-refractivity contribution in [3.63, 3.8) is 0 Å². The van der Waals surface area contributed by atoms with Crippen LogP contribution >= 0.6 is 11.8 Å². The molecule has 7 heteroatoms. The maximum Gasteiger partial charge on any atom is 0.269 e. The molecule has 2 rings (SSSR count). The normalized spacial score (nSPS) is 10.2. The maximum atomic E-state index is 11.8. The van der Waals surface area contributed by atoms with Gasteiger partial charge in [-0.3, -0.25) is 14.9 Å². The number of nitro groups is 1. The first-order valence-corrected chi connectivity index (χ1v) is 7.60. The Morgan fingerprint density at radius 1 is 1.23 bits per heavy atom. The Morgan fingerprint density at radius 2 is 1.95 bits per heavy atom. The molecule has 0 bridgehead atoms. The van der Waals surface area contributed by atoms with Crippen molar-refractivity contribution in [2.45, 2.75) is 5.75 Å². The number of phenolic OH excluding ortho intramolecular Hbond substituents is 1. The third kappa shape index (κ3) is 4.78. The molecule has 114 valence electrons. The molecule has 2 aromatic carbocycles. The maximum absolute atomic E-state index is 11.8. The highest BCUT2D eigenvalue weighted by atomic mass is 32.2. The Balaban J connectivity index is 1.78. The van der Waals surface area contributed by atoms with Crippen LogP contribution < -0.4 is 5.32 Å². The first-order valence-electron chi connectivity index (χ1n) is 6.44. The minimum Gasteiger partial charge on any atom is -0.508 e. The third-order valence-corrected chi connectivity index (χ3v) is 3.78. The summed E-state index contributed by atoms with van der Waals surface area (Å²) in [6, 6.07) is 12.6. The van der Waals surface area contributed by atoms with Crippen molar-refractivity contribution in [2.24, 2.45) is 0 Å². The van der Waals surface area contributed by atoms with E-state index in [9.17, 15) is 20.0 Å². The standard InChI is InChI=1S/C15H14N2O4S/c18-14-3-1-2-12(8-14)16-15(19)10-22-9-11-4-6-13(7-5-11)17(20)21/h1-8,18H,9-10H2,(H,16,19). The van der Waals surface area contributed by atoms with Crippen LogP contribution in [-0.4, -0.2) is 21.7 Å². The topological polar surface area (TPSA) is 92.5 Å². The summed E-state index contributed by atoms with van der Waals surface area (Å²) >= 11 is 1.41. The van der Waals surface area contributed by atoms with Crippen LogP contribution in [0.5, 0.6) is 5.75 Å². The molecule has 0 saturated carbocycles. The quantitative estimate of drug-likeness (QED) is 0.630. The average molecular weight is 318 g/mol. The number of non-ortho nitro benzene ring substituents is 1. The Labute approximate surface area is 131 Å². The van der Waals surface area contributed by atoms with Gasteiger partial charge in [-0.1, -0.05) is 18.2 Å². The Morgan fingerprint density at radius 3 is 2.59 bits per heavy atom. The average Bonchev–Trinajstić information content (AvgIpc) is 2.47. The van der Waals surface area contributed by atoms with Crippen LogP contribution in [0.2, 0.25) is 0 Å². The van der Waals surface area contributed by atoms with Gasteiger partial charge in [-0.15, -0.1) is 11.8 Å². The van der Waals surface area contributed by atoms with E-state index in [4.69, 9.17) is 0 Å². The van der Waals surface area contributed by atoms with E-state index in [1.807, 2.05) is 0 Å². The van der Waals surface area contributed by atoms with Gasteiger partial charge in [0.1, 0.15) is 5.75 Å². The Hall–Kier alpha value is -2.54. The number of hydrogen-bond acceptors (Lipinski definition) is 5. The van der Waals surface area contributed by atoms with Crippen LogP contribution in [0.25, 0.3) is 0 Å². The lowest BCUT2D eigenvalue weighted by Crippen LogP contribution is -2.14. The van der Waals surface area contributed by atoms with Gasteiger partial charge >= 0.3 is 0 Å². The number of benzene rings is 2. The van der Waals surface area contributed by atoms with Gasteiger partial charge in [-0.05, 0) is 17.7 Å². The van der Waals surface area contributed by atoms with Gasteiger partial charge in [-0.2, -0.15) is 0 Å². The van der Waals surface area contributed by atoms with Gasteiger partial charge in [0.25, 0.3) is 5.69 Å². The predicted molar refractivity (Wildman–Crippen MR) is 86.0 cm³/mol. The van der Waals surface area contributed by atoms with Gasteiger partial charge in [0.05, 0.1) is 10.7 Å². The summed E-state index contributed by atoms with van der Waals surface area (Å²) in [6.45, 7) is 0. The molecule has 0 aliphatic carbocycles. The van der Waals surface area contributed by atoms with Crippen molar-refractivity contribution in [1.82, 2.24) is 0 Å².